The van der Waals surface area contributed by atoms with Gasteiger partial charge < -0.3 is 19.7 Å². The molecule has 0 spiro atoms. The van der Waals surface area contributed by atoms with E-state index in [1.807, 2.05) is 13.1 Å². The first-order chi connectivity index (χ1) is 11.8. The van der Waals surface area contributed by atoms with Crippen LogP contribution in [0.5, 0.6) is 0 Å². The number of nitrogens with one attached hydrogen (secondary N) is 1. The van der Waals surface area contributed by atoms with Crippen molar-refractivity contribution in [2.24, 2.45) is 10.9 Å². The second-order valence-corrected chi connectivity index (χ2v) is 6.62. The molecule has 0 aromatic heterocycles. The molecule has 2 atom stereocenters. The summed E-state index contributed by atoms with van der Waals surface area (Å²) < 4.78 is 11.2. The van der Waals surface area contributed by atoms with E-state index < -0.39 is 0 Å². The van der Waals surface area contributed by atoms with Gasteiger partial charge in [0.2, 0.25) is 0 Å². The summed E-state index contributed by atoms with van der Waals surface area (Å²) in [4.78, 5) is 9.20. The van der Waals surface area contributed by atoms with Crippen molar-refractivity contribution < 1.29 is 9.47 Å². The number of aliphatic imine (C=N–C) groups is 1. The summed E-state index contributed by atoms with van der Waals surface area (Å²) in [5.74, 6) is 1.57. The molecule has 2 saturated heterocycles. The van der Waals surface area contributed by atoms with Gasteiger partial charge in [-0.15, -0.1) is 30.6 Å². The Kier molecular flexibility index (Phi) is 11.7. The number of allylic oxidation sites excluding steroid dienone is 1. The van der Waals surface area contributed by atoms with E-state index in [2.05, 4.69) is 33.7 Å². The maximum atomic E-state index is 5.64. The van der Waals surface area contributed by atoms with E-state index in [4.69, 9.17) is 9.47 Å². The standard InChI is InChI=1S/C18H34N4O2.HI/c1-4-5-6-8-21(3)18(19-2)20-14-17(16-7-11-24-15-16)22-9-12-23-13-10-22;/h4,16-17H,1,5-15H2,2-3H3,(H,19,20);1H. The van der Waals surface area contributed by atoms with Crippen LogP contribution in [0.1, 0.15) is 19.3 Å². The Morgan fingerprint density at radius 1 is 1.36 bits per heavy atom. The molecule has 0 bridgehead atoms. The second-order valence-electron chi connectivity index (χ2n) is 6.62. The fraction of sp³-hybridized carbons (Fsp3) is 0.833. The van der Waals surface area contributed by atoms with Crippen LogP contribution >= 0.6 is 24.0 Å². The third kappa shape index (κ3) is 7.40. The summed E-state index contributed by atoms with van der Waals surface area (Å²) in [5.41, 5.74) is 0. The number of nitrogens with zero attached hydrogens (tertiary/aromatic N) is 3. The average Bonchev–Trinajstić information content (AvgIpc) is 3.14. The maximum absolute atomic E-state index is 5.64. The Balaban J connectivity index is 0.00000312. The third-order valence-electron chi connectivity index (χ3n) is 4.97. The van der Waals surface area contributed by atoms with Crippen LogP contribution in [0.25, 0.3) is 0 Å². The monoisotopic (exact) mass is 466 g/mol. The van der Waals surface area contributed by atoms with Gasteiger partial charge in [0.1, 0.15) is 0 Å². The SMILES string of the molecule is C=CCCCN(C)C(=NC)NCC(C1CCOC1)N1CCOCC1.I. The van der Waals surface area contributed by atoms with E-state index in [1.165, 1.54) is 0 Å². The van der Waals surface area contributed by atoms with Crippen LogP contribution in [0.4, 0.5) is 0 Å². The van der Waals surface area contributed by atoms with Gasteiger partial charge in [0.25, 0.3) is 0 Å². The molecule has 7 heteroatoms. The first kappa shape index (κ1) is 22.7. The lowest BCUT2D eigenvalue weighted by Crippen LogP contribution is -2.53. The van der Waals surface area contributed by atoms with Crippen molar-refractivity contribution in [3.05, 3.63) is 12.7 Å². The number of ether oxygens (including phenoxy) is 2. The van der Waals surface area contributed by atoms with E-state index in [-0.39, 0.29) is 24.0 Å². The minimum atomic E-state index is 0. The van der Waals surface area contributed by atoms with Crippen molar-refractivity contribution in [2.75, 3.05) is 66.7 Å². The summed E-state index contributed by atoms with van der Waals surface area (Å²) in [5, 5.41) is 3.58. The van der Waals surface area contributed by atoms with Crippen molar-refractivity contribution in [2.45, 2.75) is 25.3 Å². The summed E-state index contributed by atoms with van der Waals surface area (Å²) in [7, 11) is 3.95. The maximum Gasteiger partial charge on any atom is 0.193 e. The summed E-state index contributed by atoms with van der Waals surface area (Å²) in [6.07, 6.45) is 5.26. The Labute approximate surface area is 170 Å². The second kappa shape index (κ2) is 12.9. The molecule has 146 valence electrons. The number of unbranched alkanes of at least 4 members (excludes halogenated alkanes) is 1. The van der Waals surface area contributed by atoms with E-state index in [0.29, 0.717) is 12.0 Å². The van der Waals surface area contributed by atoms with Gasteiger partial charge in [0.05, 0.1) is 19.8 Å². The van der Waals surface area contributed by atoms with Crippen LogP contribution in [0.3, 0.4) is 0 Å². The molecule has 0 radical (unpaired) electrons. The van der Waals surface area contributed by atoms with Gasteiger partial charge in [-0.25, -0.2) is 0 Å². The molecular formula is C18H35IN4O2. The minimum Gasteiger partial charge on any atom is -0.381 e. The molecule has 2 unspecified atom stereocenters. The molecule has 1 N–H and O–H groups in total. The third-order valence-corrected chi connectivity index (χ3v) is 4.97. The van der Waals surface area contributed by atoms with Crippen LogP contribution < -0.4 is 5.32 Å². The molecule has 0 aromatic carbocycles. The predicted octanol–water partition coefficient (Wildman–Crippen LogP) is 1.82. The fourth-order valence-electron chi connectivity index (χ4n) is 3.52. The Bertz CT molecular complexity index is 397. The normalized spacial score (nSPS) is 23.0. The van der Waals surface area contributed by atoms with Gasteiger partial charge in [0.15, 0.2) is 5.96 Å². The molecule has 2 aliphatic heterocycles. The van der Waals surface area contributed by atoms with Crippen LogP contribution in [0.15, 0.2) is 17.6 Å². The van der Waals surface area contributed by atoms with Crippen LogP contribution in [-0.2, 0) is 9.47 Å². The lowest BCUT2D eigenvalue weighted by molar-refractivity contribution is 0.00236. The van der Waals surface area contributed by atoms with Gasteiger partial charge in [-0.3, -0.25) is 9.89 Å². The zero-order valence-electron chi connectivity index (χ0n) is 15.8. The quantitative estimate of drug-likeness (QED) is 0.195. The summed E-state index contributed by atoms with van der Waals surface area (Å²) >= 11 is 0. The van der Waals surface area contributed by atoms with Gasteiger partial charge in [-0.2, -0.15) is 0 Å². The first-order valence-electron chi connectivity index (χ1n) is 9.18. The van der Waals surface area contributed by atoms with Crippen molar-refractivity contribution >= 4 is 29.9 Å². The predicted molar refractivity (Wildman–Crippen MR) is 114 cm³/mol. The average molecular weight is 466 g/mol. The molecule has 2 rings (SSSR count). The number of hydrogen-bond acceptors (Lipinski definition) is 4. The van der Waals surface area contributed by atoms with Crippen molar-refractivity contribution in [3.8, 4) is 0 Å². The number of rotatable bonds is 8. The van der Waals surface area contributed by atoms with E-state index >= 15 is 0 Å². The zero-order chi connectivity index (χ0) is 17.2. The van der Waals surface area contributed by atoms with E-state index in [1.54, 1.807) is 0 Å². The molecule has 0 aromatic rings. The lowest BCUT2D eigenvalue weighted by atomic mass is 9.97. The van der Waals surface area contributed by atoms with Crippen molar-refractivity contribution in [1.82, 2.24) is 15.1 Å². The molecule has 2 fully saturated rings. The Morgan fingerprint density at radius 2 is 2.12 bits per heavy atom. The van der Waals surface area contributed by atoms with Gasteiger partial charge in [-0.05, 0) is 19.3 Å². The van der Waals surface area contributed by atoms with Gasteiger partial charge >= 0.3 is 0 Å². The number of hydrogen-bond donors (Lipinski definition) is 1. The highest BCUT2D eigenvalue weighted by Crippen LogP contribution is 2.21. The smallest absolute Gasteiger partial charge is 0.193 e. The number of guanidine groups is 1. The summed E-state index contributed by atoms with van der Waals surface area (Å²) in [6.45, 7) is 11.1. The molecule has 0 saturated carbocycles. The van der Waals surface area contributed by atoms with E-state index in [0.717, 1.165) is 77.8 Å². The molecule has 25 heavy (non-hydrogen) atoms. The van der Waals surface area contributed by atoms with Crippen LogP contribution in [0.2, 0.25) is 0 Å². The molecular weight excluding hydrogens is 431 g/mol. The van der Waals surface area contributed by atoms with Crippen LogP contribution in [0, 0.1) is 5.92 Å². The molecule has 2 aliphatic rings. The minimum absolute atomic E-state index is 0. The highest BCUT2D eigenvalue weighted by atomic mass is 127. The van der Waals surface area contributed by atoms with Gasteiger partial charge in [-0.1, -0.05) is 6.08 Å². The number of halogens is 1. The summed E-state index contributed by atoms with van der Waals surface area (Å²) in [6, 6.07) is 0.481. The zero-order valence-corrected chi connectivity index (χ0v) is 18.1. The molecule has 0 amide bonds. The molecule has 6 nitrogen and oxygen atoms in total. The fourth-order valence-corrected chi connectivity index (χ4v) is 3.52. The number of morpholine rings is 1. The largest absolute Gasteiger partial charge is 0.381 e. The molecule has 2 heterocycles. The Hall–Kier alpha value is -0.380. The highest BCUT2D eigenvalue weighted by Gasteiger charge is 2.31. The van der Waals surface area contributed by atoms with Crippen molar-refractivity contribution in [1.29, 1.82) is 0 Å². The first-order valence-corrected chi connectivity index (χ1v) is 9.18. The van der Waals surface area contributed by atoms with E-state index in [9.17, 15) is 0 Å². The van der Waals surface area contributed by atoms with Crippen molar-refractivity contribution in [3.63, 3.8) is 0 Å². The lowest BCUT2D eigenvalue weighted by Gasteiger charge is -2.38. The Morgan fingerprint density at radius 3 is 2.72 bits per heavy atom. The molecule has 0 aliphatic carbocycles. The topological polar surface area (TPSA) is 49.3 Å². The van der Waals surface area contributed by atoms with Gasteiger partial charge in [0, 0.05) is 58.8 Å². The highest BCUT2D eigenvalue weighted by molar-refractivity contribution is 14.0. The van der Waals surface area contributed by atoms with Crippen LogP contribution in [-0.4, -0.2) is 88.5 Å².